The van der Waals surface area contributed by atoms with E-state index < -0.39 is 10.0 Å². The van der Waals surface area contributed by atoms with E-state index in [0.29, 0.717) is 13.1 Å². The Morgan fingerprint density at radius 3 is 2.60 bits per heavy atom. The summed E-state index contributed by atoms with van der Waals surface area (Å²) < 4.78 is 27.0. The Bertz CT molecular complexity index is 536. The topological polar surface area (TPSA) is 71.1 Å². The molecule has 0 bridgehead atoms. The summed E-state index contributed by atoms with van der Waals surface area (Å²) in [5, 5.41) is 3.28. The summed E-state index contributed by atoms with van der Waals surface area (Å²) in [6.07, 6.45) is 4.98. The molecule has 6 heteroatoms. The first kappa shape index (κ1) is 15.4. The van der Waals surface area contributed by atoms with Crippen molar-refractivity contribution in [2.24, 2.45) is 5.41 Å². The van der Waals surface area contributed by atoms with Crippen LogP contribution < -0.4 is 10.0 Å². The highest BCUT2D eigenvalue weighted by Crippen LogP contribution is 2.39. The number of sulfonamides is 1. The van der Waals surface area contributed by atoms with Gasteiger partial charge in [0.05, 0.1) is 0 Å². The van der Waals surface area contributed by atoms with E-state index in [9.17, 15) is 8.42 Å². The highest BCUT2D eigenvalue weighted by molar-refractivity contribution is 7.89. The zero-order chi connectivity index (χ0) is 14.6. The Morgan fingerprint density at radius 1 is 1.35 bits per heavy atom. The summed E-state index contributed by atoms with van der Waals surface area (Å²) in [5.41, 5.74) is 1.11. The fourth-order valence-corrected chi connectivity index (χ4v) is 3.37. The van der Waals surface area contributed by atoms with Crippen LogP contribution in [0.25, 0.3) is 0 Å². The van der Waals surface area contributed by atoms with Gasteiger partial charge in [0.2, 0.25) is 0 Å². The molecule has 1 aromatic heterocycles. The number of hydrogen-bond acceptors (Lipinski definition) is 4. The van der Waals surface area contributed by atoms with Gasteiger partial charge in [0.1, 0.15) is 0 Å². The van der Waals surface area contributed by atoms with E-state index in [1.165, 1.54) is 6.42 Å². The van der Waals surface area contributed by atoms with Crippen LogP contribution >= 0.6 is 0 Å². The Labute approximate surface area is 121 Å². The molecule has 0 spiro atoms. The van der Waals surface area contributed by atoms with Crippen molar-refractivity contribution in [2.45, 2.75) is 44.7 Å². The van der Waals surface area contributed by atoms with Crippen LogP contribution in [0.1, 0.15) is 38.7 Å². The van der Waals surface area contributed by atoms with Crippen LogP contribution in [0.2, 0.25) is 0 Å². The van der Waals surface area contributed by atoms with Crippen LogP contribution in [0.3, 0.4) is 0 Å². The smallest absolute Gasteiger partial charge is 0.258 e. The van der Waals surface area contributed by atoms with E-state index in [1.807, 2.05) is 6.92 Å². The second kappa shape index (κ2) is 6.20. The Kier molecular flexibility index (Phi) is 4.78. The number of aromatic nitrogens is 1. The molecule has 112 valence electrons. The van der Waals surface area contributed by atoms with Crippen molar-refractivity contribution in [3.05, 3.63) is 23.9 Å². The molecule has 0 unspecified atom stereocenters. The zero-order valence-electron chi connectivity index (χ0n) is 12.1. The summed E-state index contributed by atoms with van der Waals surface area (Å²) in [6, 6.07) is 3.37. The average molecular weight is 297 g/mol. The van der Waals surface area contributed by atoms with Gasteiger partial charge >= 0.3 is 0 Å². The molecule has 5 nitrogen and oxygen atoms in total. The van der Waals surface area contributed by atoms with Gasteiger partial charge in [-0.1, -0.05) is 26.3 Å². The lowest BCUT2D eigenvalue weighted by atomic mass is 9.71. The second-order valence-electron chi connectivity index (χ2n) is 5.77. The van der Waals surface area contributed by atoms with E-state index in [1.54, 1.807) is 18.3 Å². The molecule has 1 aromatic rings. The lowest BCUT2D eigenvalue weighted by molar-refractivity contribution is 0.166. The van der Waals surface area contributed by atoms with Crippen molar-refractivity contribution in [1.82, 2.24) is 15.0 Å². The standard InChI is InChI=1S/C14H23N3O2S/c1-3-15-9-12-5-6-13(16-10-12)20(18,19)17-11-14(2)7-4-8-14/h5-6,10,15,17H,3-4,7-9,11H2,1-2H3. The van der Waals surface area contributed by atoms with Crippen molar-refractivity contribution in [2.75, 3.05) is 13.1 Å². The van der Waals surface area contributed by atoms with E-state index in [4.69, 9.17) is 0 Å². The summed E-state index contributed by atoms with van der Waals surface area (Å²) in [7, 11) is -3.49. The minimum atomic E-state index is -3.49. The SMILES string of the molecule is CCNCc1ccc(S(=O)(=O)NCC2(C)CCC2)nc1. The summed E-state index contributed by atoms with van der Waals surface area (Å²) in [4.78, 5) is 4.06. The molecule has 0 aromatic carbocycles. The van der Waals surface area contributed by atoms with Gasteiger partial charge in [-0.3, -0.25) is 0 Å². The van der Waals surface area contributed by atoms with Gasteiger partial charge in [-0.2, -0.15) is 0 Å². The first-order valence-corrected chi connectivity index (χ1v) is 8.59. The minimum absolute atomic E-state index is 0.0978. The number of nitrogens with zero attached hydrogens (tertiary/aromatic N) is 1. The molecular weight excluding hydrogens is 274 g/mol. The molecule has 0 amide bonds. The van der Waals surface area contributed by atoms with Gasteiger partial charge in [-0.25, -0.2) is 18.1 Å². The van der Waals surface area contributed by atoms with Crippen LogP contribution in [0.4, 0.5) is 0 Å². The minimum Gasteiger partial charge on any atom is -0.313 e. The lowest BCUT2D eigenvalue weighted by Gasteiger charge is -2.38. The molecule has 1 heterocycles. The first-order valence-electron chi connectivity index (χ1n) is 7.10. The number of rotatable bonds is 7. The molecule has 1 saturated carbocycles. The first-order chi connectivity index (χ1) is 9.45. The molecule has 2 rings (SSSR count). The molecule has 0 aliphatic heterocycles. The molecule has 1 aliphatic rings. The van der Waals surface area contributed by atoms with Crippen LogP contribution in [0.15, 0.2) is 23.4 Å². The number of nitrogens with one attached hydrogen (secondary N) is 2. The Morgan fingerprint density at radius 2 is 2.10 bits per heavy atom. The lowest BCUT2D eigenvalue weighted by Crippen LogP contribution is -2.40. The summed E-state index contributed by atoms with van der Waals surface area (Å²) >= 11 is 0. The second-order valence-corrected chi connectivity index (χ2v) is 7.49. The largest absolute Gasteiger partial charge is 0.313 e. The highest BCUT2D eigenvalue weighted by Gasteiger charge is 2.33. The zero-order valence-corrected chi connectivity index (χ0v) is 13.0. The third kappa shape index (κ3) is 3.77. The van der Waals surface area contributed by atoms with E-state index in [0.717, 1.165) is 24.9 Å². The van der Waals surface area contributed by atoms with Gasteiger partial charge in [0.25, 0.3) is 10.0 Å². The molecule has 1 fully saturated rings. The maximum atomic E-state index is 12.2. The van der Waals surface area contributed by atoms with Crippen LogP contribution in [-0.2, 0) is 16.6 Å². The predicted molar refractivity (Wildman–Crippen MR) is 78.8 cm³/mol. The number of pyridine rings is 1. The van der Waals surface area contributed by atoms with Gasteiger partial charge in [0.15, 0.2) is 5.03 Å². The van der Waals surface area contributed by atoms with Crippen molar-refractivity contribution in [3.63, 3.8) is 0 Å². The highest BCUT2D eigenvalue weighted by atomic mass is 32.2. The normalized spacial score (nSPS) is 17.7. The maximum Gasteiger partial charge on any atom is 0.258 e. The Balaban J connectivity index is 1.98. The van der Waals surface area contributed by atoms with Crippen molar-refractivity contribution < 1.29 is 8.42 Å². The summed E-state index contributed by atoms with van der Waals surface area (Å²) in [6.45, 7) is 6.22. The predicted octanol–water partition coefficient (Wildman–Crippen LogP) is 1.66. The third-order valence-electron chi connectivity index (χ3n) is 3.90. The van der Waals surface area contributed by atoms with Gasteiger partial charge in [-0.15, -0.1) is 0 Å². The molecule has 0 atom stereocenters. The average Bonchev–Trinajstić information content (AvgIpc) is 2.41. The monoisotopic (exact) mass is 297 g/mol. The fourth-order valence-electron chi connectivity index (χ4n) is 2.24. The van der Waals surface area contributed by atoms with E-state index >= 15 is 0 Å². The van der Waals surface area contributed by atoms with Crippen molar-refractivity contribution >= 4 is 10.0 Å². The molecule has 0 radical (unpaired) electrons. The van der Waals surface area contributed by atoms with Gasteiger partial charge in [0, 0.05) is 19.3 Å². The van der Waals surface area contributed by atoms with Crippen LogP contribution in [-0.4, -0.2) is 26.5 Å². The van der Waals surface area contributed by atoms with Crippen LogP contribution in [0.5, 0.6) is 0 Å². The Hall–Kier alpha value is -0.980. The fraction of sp³-hybridized carbons (Fsp3) is 0.643. The summed E-state index contributed by atoms with van der Waals surface area (Å²) in [5.74, 6) is 0. The molecule has 0 saturated heterocycles. The molecule has 2 N–H and O–H groups in total. The number of hydrogen-bond donors (Lipinski definition) is 2. The molecule has 20 heavy (non-hydrogen) atoms. The maximum absolute atomic E-state index is 12.2. The van der Waals surface area contributed by atoms with Crippen molar-refractivity contribution in [3.8, 4) is 0 Å². The molecule has 1 aliphatic carbocycles. The van der Waals surface area contributed by atoms with Gasteiger partial charge in [-0.05, 0) is 36.4 Å². The van der Waals surface area contributed by atoms with Crippen molar-refractivity contribution in [1.29, 1.82) is 0 Å². The third-order valence-corrected chi connectivity index (χ3v) is 5.22. The van der Waals surface area contributed by atoms with Crippen LogP contribution in [0, 0.1) is 5.41 Å². The van der Waals surface area contributed by atoms with Gasteiger partial charge < -0.3 is 5.32 Å². The van der Waals surface area contributed by atoms with E-state index in [2.05, 4.69) is 21.9 Å². The quantitative estimate of drug-likeness (QED) is 0.803. The van der Waals surface area contributed by atoms with E-state index in [-0.39, 0.29) is 10.4 Å². The molecular formula is C14H23N3O2S.